The Morgan fingerprint density at radius 2 is 2.14 bits per heavy atom. The van der Waals surface area contributed by atoms with E-state index in [0.29, 0.717) is 11.9 Å². The molecule has 3 rings (SSSR count). The number of fused-ring (bicyclic) bond motifs is 1. The zero-order chi connectivity index (χ0) is 15.9. The normalized spacial score (nSPS) is 20.1. The molecule has 1 aromatic carbocycles. The van der Waals surface area contributed by atoms with E-state index < -0.39 is 33.0 Å². The molecule has 0 aliphatic carbocycles. The van der Waals surface area contributed by atoms with Gasteiger partial charge in [0.15, 0.2) is 9.84 Å². The standard InChI is InChI=1S/C14H13FN2O4S/c15-8-1-2-12-10(5-8)13(18)11(6-16-12)14(19)17-9-3-4-22(20,21)7-9/h1-2,5-6,9H,3-4,7H2,(H,16,18)(H,17,19). The van der Waals surface area contributed by atoms with Gasteiger partial charge in [-0.15, -0.1) is 0 Å². The van der Waals surface area contributed by atoms with Crippen LogP contribution in [0.15, 0.2) is 29.2 Å². The van der Waals surface area contributed by atoms with Crippen molar-refractivity contribution in [3.8, 4) is 0 Å². The van der Waals surface area contributed by atoms with Crippen LogP contribution in [0.25, 0.3) is 10.9 Å². The van der Waals surface area contributed by atoms with Crippen molar-refractivity contribution in [3.05, 3.63) is 46.0 Å². The van der Waals surface area contributed by atoms with Crippen LogP contribution >= 0.6 is 0 Å². The van der Waals surface area contributed by atoms with Crippen LogP contribution in [0.4, 0.5) is 4.39 Å². The summed E-state index contributed by atoms with van der Waals surface area (Å²) >= 11 is 0. The van der Waals surface area contributed by atoms with Crippen molar-refractivity contribution in [3.63, 3.8) is 0 Å². The first-order valence-corrected chi connectivity index (χ1v) is 8.50. The van der Waals surface area contributed by atoms with E-state index in [0.717, 1.165) is 6.07 Å². The average Bonchev–Trinajstić information content (AvgIpc) is 2.79. The van der Waals surface area contributed by atoms with Crippen molar-refractivity contribution in [2.24, 2.45) is 0 Å². The molecule has 2 heterocycles. The van der Waals surface area contributed by atoms with Gasteiger partial charge in [0.1, 0.15) is 11.4 Å². The molecular formula is C14H13FN2O4S. The van der Waals surface area contributed by atoms with Gasteiger partial charge in [-0.3, -0.25) is 9.59 Å². The molecule has 1 amide bonds. The maximum atomic E-state index is 13.2. The lowest BCUT2D eigenvalue weighted by molar-refractivity contribution is 0.0940. The van der Waals surface area contributed by atoms with Crippen LogP contribution in [-0.2, 0) is 9.84 Å². The highest BCUT2D eigenvalue weighted by molar-refractivity contribution is 7.91. The Hall–Kier alpha value is -2.22. The number of H-pyrrole nitrogens is 1. The molecule has 1 unspecified atom stereocenters. The molecule has 22 heavy (non-hydrogen) atoms. The number of rotatable bonds is 2. The van der Waals surface area contributed by atoms with Crippen molar-refractivity contribution in [2.75, 3.05) is 11.5 Å². The SMILES string of the molecule is O=C(NC1CCS(=O)(=O)C1)c1c[nH]c2ccc(F)cc2c1=O. The third-order valence-electron chi connectivity index (χ3n) is 3.66. The minimum absolute atomic E-state index is 0.0250. The average molecular weight is 324 g/mol. The molecule has 2 aromatic rings. The number of carbonyl (C=O) groups is 1. The molecule has 1 aliphatic rings. The fourth-order valence-corrected chi connectivity index (χ4v) is 4.20. The van der Waals surface area contributed by atoms with Gasteiger partial charge in [-0.1, -0.05) is 0 Å². The maximum Gasteiger partial charge on any atom is 0.257 e. The predicted octanol–water partition coefficient (Wildman–Crippen LogP) is 0.584. The first-order chi connectivity index (χ1) is 10.4. The minimum Gasteiger partial charge on any atom is -0.360 e. The highest BCUT2D eigenvalue weighted by atomic mass is 32.2. The summed E-state index contributed by atoms with van der Waals surface area (Å²) in [5, 5.41) is 2.61. The van der Waals surface area contributed by atoms with E-state index in [1.165, 1.54) is 18.3 Å². The lowest BCUT2D eigenvalue weighted by Crippen LogP contribution is -2.38. The largest absolute Gasteiger partial charge is 0.360 e. The molecule has 0 saturated carbocycles. The number of hydrogen-bond donors (Lipinski definition) is 2. The predicted molar refractivity (Wildman–Crippen MR) is 79.1 cm³/mol. The first kappa shape index (κ1) is 14.7. The van der Waals surface area contributed by atoms with Crippen LogP contribution in [0.5, 0.6) is 0 Å². The summed E-state index contributed by atoms with van der Waals surface area (Å²) in [5.74, 6) is -1.33. The smallest absolute Gasteiger partial charge is 0.257 e. The number of hydrogen-bond acceptors (Lipinski definition) is 4. The number of pyridine rings is 1. The Morgan fingerprint density at radius 1 is 1.36 bits per heavy atom. The van der Waals surface area contributed by atoms with Gasteiger partial charge in [0.05, 0.1) is 11.5 Å². The van der Waals surface area contributed by atoms with Gasteiger partial charge >= 0.3 is 0 Å². The van der Waals surface area contributed by atoms with Crippen LogP contribution in [0, 0.1) is 5.82 Å². The lowest BCUT2D eigenvalue weighted by Gasteiger charge is -2.10. The monoisotopic (exact) mass is 324 g/mol. The van der Waals surface area contributed by atoms with Crippen molar-refractivity contribution in [1.82, 2.24) is 10.3 Å². The number of nitrogens with one attached hydrogen (secondary N) is 2. The second kappa shape index (κ2) is 5.20. The van der Waals surface area contributed by atoms with Crippen LogP contribution in [0.3, 0.4) is 0 Å². The second-order valence-electron chi connectivity index (χ2n) is 5.29. The number of carbonyl (C=O) groups excluding carboxylic acids is 1. The summed E-state index contributed by atoms with van der Waals surface area (Å²) in [7, 11) is -3.12. The highest BCUT2D eigenvalue weighted by Gasteiger charge is 2.29. The van der Waals surface area contributed by atoms with Crippen molar-refractivity contribution >= 4 is 26.6 Å². The van der Waals surface area contributed by atoms with Crippen LogP contribution < -0.4 is 10.7 Å². The maximum absolute atomic E-state index is 13.2. The van der Waals surface area contributed by atoms with Gasteiger partial charge in [0.25, 0.3) is 5.91 Å². The minimum atomic E-state index is -3.12. The van der Waals surface area contributed by atoms with E-state index >= 15 is 0 Å². The Bertz CT molecular complexity index is 920. The fourth-order valence-electron chi connectivity index (χ4n) is 2.53. The number of aromatic amines is 1. The zero-order valence-electron chi connectivity index (χ0n) is 11.4. The van der Waals surface area contributed by atoms with Crippen molar-refractivity contribution in [1.29, 1.82) is 0 Å². The number of aromatic nitrogens is 1. The van der Waals surface area contributed by atoms with E-state index in [1.54, 1.807) is 0 Å². The Labute approximate surface area is 125 Å². The third kappa shape index (κ3) is 2.74. The molecular weight excluding hydrogens is 311 g/mol. The zero-order valence-corrected chi connectivity index (χ0v) is 12.2. The molecule has 2 N–H and O–H groups in total. The molecule has 0 bridgehead atoms. The second-order valence-corrected chi connectivity index (χ2v) is 7.52. The fraction of sp³-hybridized carbons (Fsp3) is 0.286. The summed E-state index contributed by atoms with van der Waals surface area (Å²) in [6.07, 6.45) is 1.58. The summed E-state index contributed by atoms with van der Waals surface area (Å²) in [5.41, 5.74) is -0.333. The van der Waals surface area contributed by atoms with E-state index in [2.05, 4.69) is 10.3 Å². The molecule has 0 spiro atoms. The molecule has 8 heteroatoms. The Morgan fingerprint density at radius 3 is 2.82 bits per heavy atom. The van der Waals surface area contributed by atoms with Crippen LogP contribution in [0.2, 0.25) is 0 Å². The van der Waals surface area contributed by atoms with E-state index in [-0.39, 0.29) is 22.5 Å². The number of amides is 1. The lowest BCUT2D eigenvalue weighted by atomic mass is 10.1. The summed E-state index contributed by atoms with van der Waals surface area (Å²) in [6.45, 7) is 0. The van der Waals surface area contributed by atoms with E-state index in [1.807, 2.05) is 0 Å². The molecule has 116 valence electrons. The summed E-state index contributed by atoms with van der Waals surface area (Å²) in [6, 6.07) is 3.18. The Kier molecular flexibility index (Phi) is 3.48. The van der Waals surface area contributed by atoms with E-state index in [9.17, 15) is 22.4 Å². The van der Waals surface area contributed by atoms with Gasteiger partial charge in [0.2, 0.25) is 5.43 Å². The van der Waals surface area contributed by atoms with Crippen molar-refractivity contribution in [2.45, 2.75) is 12.5 Å². The number of benzene rings is 1. The van der Waals surface area contributed by atoms with Crippen molar-refractivity contribution < 1.29 is 17.6 Å². The highest BCUT2D eigenvalue weighted by Crippen LogP contribution is 2.13. The molecule has 6 nitrogen and oxygen atoms in total. The molecule has 1 aliphatic heterocycles. The number of sulfone groups is 1. The van der Waals surface area contributed by atoms with Crippen LogP contribution in [0.1, 0.15) is 16.8 Å². The van der Waals surface area contributed by atoms with Gasteiger partial charge in [-0.2, -0.15) is 0 Å². The van der Waals surface area contributed by atoms with E-state index in [4.69, 9.17) is 0 Å². The van der Waals surface area contributed by atoms with Gasteiger partial charge in [0, 0.05) is 23.1 Å². The Balaban J connectivity index is 1.91. The molecule has 1 aromatic heterocycles. The van der Waals surface area contributed by atoms with Gasteiger partial charge in [-0.25, -0.2) is 12.8 Å². The van der Waals surface area contributed by atoms with Gasteiger partial charge in [-0.05, 0) is 24.6 Å². The summed E-state index contributed by atoms with van der Waals surface area (Å²) < 4.78 is 36.0. The molecule has 0 radical (unpaired) electrons. The number of halogens is 1. The molecule has 1 fully saturated rings. The quantitative estimate of drug-likeness (QED) is 0.845. The molecule has 1 saturated heterocycles. The first-order valence-electron chi connectivity index (χ1n) is 6.68. The molecule has 1 atom stereocenters. The van der Waals surface area contributed by atoms with Gasteiger partial charge < -0.3 is 10.3 Å². The summed E-state index contributed by atoms with van der Waals surface area (Å²) in [4.78, 5) is 27.2. The topological polar surface area (TPSA) is 96.1 Å². The third-order valence-corrected chi connectivity index (χ3v) is 5.42. The van der Waals surface area contributed by atoms with Crippen LogP contribution in [-0.4, -0.2) is 36.9 Å².